The number of hydrogen-bond acceptors (Lipinski definition) is 2. The molecule has 0 radical (unpaired) electrons. The molecule has 0 aromatic heterocycles. The van der Waals surface area contributed by atoms with Gasteiger partial charge in [0.25, 0.3) is 0 Å². The third-order valence-corrected chi connectivity index (χ3v) is 16.0. The molecule has 0 fully saturated rings. The average Bonchev–Trinajstić information content (AvgIpc) is 3.93. The van der Waals surface area contributed by atoms with E-state index in [2.05, 4.69) is 303 Å². The molecule has 0 saturated carbocycles. The van der Waals surface area contributed by atoms with E-state index in [1.165, 1.54) is 112 Å². The minimum absolute atomic E-state index is 0.637. The summed E-state index contributed by atoms with van der Waals surface area (Å²) in [7, 11) is 0. The second-order valence-corrected chi connectivity index (χ2v) is 19.6. The zero-order chi connectivity index (χ0) is 49.6. The predicted octanol–water partition coefficient (Wildman–Crippen LogP) is 18.1. The van der Waals surface area contributed by atoms with Crippen LogP contribution in [0.25, 0.3) is 44.5 Å². The van der Waals surface area contributed by atoms with E-state index < -0.39 is 10.8 Å². The molecule has 0 amide bonds. The number of fused-ring (bicyclic) bond motifs is 6. The van der Waals surface area contributed by atoms with Gasteiger partial charge in [-0.15, -0.1) is 0 Å². The molecule has 2 aliphatic rings. The minimum Gasteiger partial charge on any atom is -0.341 e. The summed E-state index contributed by atoms with van der Waals surface area (Å²) in [5, 5.41) is 0. The fourth-order valence-electron chi connectivity index (χ4n) is 12.9. The molecule has 2 aliphatic carbocycles. The van der Waals surface area contributed by atoms with Crippen LogP contribution in [0, 0.1) is 0 Å². The van der Waals surface area contributed by atoms with Crippen molar-refractivity contribution < 1.29 is 0 Å². The molecule has 2 nitrogen and oxygen atoms in total. The number of nitrogens with zero attached hydrogens (tertiary/aromatic N) is 2. The van der Waals surface area contributed by atoms with E-state index in [-0.39, 0.29) is 0 Å². The summed E-state index contributed by atoms with van der Waals surface area (Å²) >= 11 is 0. The van der Waals surface area contributed by atoms with E-state index >= 15 is 0 Å². The van der Waals surface area contributed by atoms with Crippen molar-refractivity contribution in [1.29, 1.82) is 0 Å². The van der Waals surface area contributed by atoms with Gasteiger partial charge in [-0.2, -0.15) is 0 Å². The first-order chi connectivity index (χ1) is 36.6. The Kier molecular flexibility index (Phi) is 11.3. The van der Waals surface area contributed by atoms with Crippen molar-refractivity contribution in [2.24, 2.45) is 0 Å². The van der Waals surface area contributed by atoms with E-state index in [1.54, 1.807) is 0 Å². The van der Waals surface area contributed by atoms with Crippen LogP contribution in [-0.2, 0) is 10.8 Å². The molecule has 0 N–H and O–H groups in total. The maximum Gasteiger partial charge on any atom is 0.0714 e. The molecule has 2 heteroatoms. The van der Waals surface area contributed by atoms with Crippen molar-refractivity contribution in [2.75, 3.05) is 22.9 Å². The largest absolute Gasteiger partial charge is 0.341 e. The second-order valence-electron chi connectivity index (χ2n) is 19.6. The molecule has 354 valence electrons. The lowest BCUT2D eigenvalue weighted by molar-refractivity contribution is 0.758. The van der Waals surface area contributed by atoms with Gasteiger partial charge >= 0.3 is 0 Å². The Morgan fingerprint density at radius 2 is 0.541 bits per heavy atom. The summed E-state index contributed by atoms with van der Waals surface area (Å²) in [6.07, 6.45) is 0. The highest BCUT2D eigenvalue weighted by atomic mass is 15.1. The van der Waals surface area contributed by atoms with Crippen molar-refractivity contribution >= 4 is 22.7 Å². The van der Waals surface area contributed by atoms with Crippen molar-refractivity contribution in [3.63, 3.8) is 0 Å². The molecular formula is C72H56N2. The lowest BCUT2D eigenvalue weighted by Gasteiger charge is -2.36. The predicted molar refractivity (Wildman–Crippen MR) is 310 cm³/mol. The third-order valence-electron chi connectivity index (χ3n) is 16.0. The highest BCUT2D eigenvalue weighted by Gasteiger charge is 2.52. The van der Waals surface area contributed by atoms with Gasteiger partial charge in [0, 0.05) is 47.0 Å². The molecule has 11 aromatic rings. The lowest BCUT2D eigenvalue weighted by Crippen LogP contribution is -2.30. The van der Waals surface area contributed by atoms with Crippen LogP contribution < -0.4 is 9.80 Å². The number of benzene rings is 11. The first-order valence-corrected chi connectivity index (χ1v) is 26.2. The Balaban J connectivity index is 1.09. The SMILES string of the molecule is CCN(c1ccc2c(c1)C(c1ccccc1)(c1ccccc1)c1cc3c(cc1-2)C(c1ccccc1)(c1ccccc1)c1cc(N(CC)c2ccccc2-c2ccccc2)ccc1-3)c1ccccc1-c1ccccc1. The van der Waals surface area contributed by atoms with Crippen molar-refractivity contribution in [2.45, 2.75) is 24.7 Å². The topological polar surface area (TPSA) is 6.48 Å². The smallest absolute Gasteiger partial charge is 0.0714 e. The minimum atomic E-state index is -0.637. The van der Waals surface area contributed by atoms with Crippen LogP contribution in [0.15, 0.2) is 279 Å². The molecular weight excluding hydrogens is 893 g/mol. The van der Waals surface area contributed by atoms with Gasteiger partial charge in [0.05, 0.1) is 10.8 Å². The van der Waals surface area contributed by atoms with Gasteiger partial charge < -0.3 is 9.80 Å². The van der Waals surface area contributed by atoms with Gasteiger partial charge in [-0.1, -0.05) is 231 Å². The molecule has 0 bridgehead atoms. The van der Waals surface area contributed by atoms with Crippen LogP contribution in [0.1, 0.15) is 58.4 Å². The van der Waals surface area contributed by atoms with Crippen LogP contribution in [0.3, 0.4) is 0 Å². The quantitative estimate of drug-likeness (QED) is 0.120. The van der Waals surface area contributed by atoms with E-state index in [0.29, 0.717) is 0 Å². The molecule has 74 heavy (non-hydrogen) atoms. The van der Waals surface area contributed by atoms with Crippen LogP contribution in [-0.4, -0.2) is 13.1 Å². The van der Waals surface area contributed by atoms with Gasteiger partial charge in [-0.05, 0) is 140 Å². The Bertz CT molecular complexity index is 3460. The number of anilines is 4. The summed E-state index contributed by atoms with van der Waals surface area (Å²) in [5.41, 5.74) is 23.5. The first kappa shape index (κ1) is 44.9. The maximum absolute atomic E-state index is 2.60. The van der Waals surface area contributed by atoms with E-state index in [4.69, 9.17) is 0 Å². The fourth-order valence-corrected chi connectivity index (χ4v) is 12.9. The number of para-hydroxylation sites is 2. The summed E-state index contributed by atoms with van der Waals surface area (Å²) in [6.45, 7) is 6.15. The number of rotatable bonds is 12. The molecule has 0 spiro atoms. The molecule has 0 heterocycles. The Labute approximate surface area is 436 Å². The Hall–Kier alpha value is -8.98. The van der Waals surface area contributed by atoms with Crippen LogP contribution >= 0.6 is 0 Å². The highest BCUT2D eigenvalue weighted by molar-refractivity contribution is 5.97. The standard InChI is InChI=1S/C72H56N2/c1-3-73(69-41-25-23-39-59(69)51-27-11-5-12-28-51)57-43-45-61-63-49-68-64(50-67(63)71(65(61)47-57,53-31-15-7-16-32-53)54-33-17-8-18-34-54)62-46-44-58(74(4-2)70-42-26-24-40-60(70)52-29-13-6-14-30-52)48-66(62)72(68,55-35-19-9-20-36-55)56-37-21-10-22-38-56/h5-50H,3-4H2,1-2H3. The van der Waals surface area contributed by atoms with Gasteiger partial charge in [-0.3, -0.25) is 0 Å². The summed E-state index contributed by atoms with van der Waals surface area (Å²) in [6, 6.07) is 104. The molecule has 13 rings (SSSR count). The monoisotopic (exact) mass is 948 g/mol. The van der Waals surface area contributed by atoms with Crippen molar-refractivity contribution in [3.8, 4) is 44.5 Å². The first-order valence-electron chi connectivity index (χ1n) is 26.2. The van der Waals surface area contributed by atoms with Gasteiger partial charge in [0.1, 0.15) is 0 Å². The summed E-state index contributed by atoms with van der Waals surface area (Å²) in [5.74, 6) is 0. The number of hydrogen-bond donors (Lipinski definition) is 0. The Morgan fingerprint density at radius 3 is 0.865 bits per heavy atom. The van der Waals surface area contributed by atoms with Gasteiger partial charge in [0.15, 0.2) is 0 Å². The normalized spacial score (nSPS) is 13.3. The third kappa shape index (κ3) is 6.93. The average molecular weight is 949 g/mol. The zero-order valence-electron chi connectivity index (χ0n) is 41.9. The highest BCUT2D eigenvalue weighted by Crippen LogP contribution is 2.63. The second kappa shape index (κ2) is 18.6. The molecule has 11 aromatic carbocycles. The zero-order valence-corrected chi connectivity index (χ0v) is 41.9. The molecule has 0 saturated heterocycles. The van der Waals surface area contributed by atoms with Gasteiger partial charge in [0.2, 0.25) is 0 Å². The van der Waals surface area contributed by atoms with Gasteiger partial charge in [-0.25, -0.2) is 0 Å². The molecule has 0 aliphatic heterocycles. The summed E-state index contributed by atoms with van der Waals surface area (Å²) in [4.78, 5) is 4.99. The lowest BCUT2D eigenvalue weighted by atomic mass is 9.66. The van der Waals surface area contributed by atoms with E-state index in [9.17, 15) is 0 Å². The molecule has 0 unspecified atom stereocenters. The van der Waals surface area contributed by atoms with Crippen molar-refractivity contribution in [3.05, 3.63) is 324 Å². The van der Waals surface area contributed by atoms with E-state index in [0.717, 1.165) is 13.1 Å². The van der Waals surface area contributed by atoms with Crippen molar-refractivity contribution in [1.82, 2.24) is 0 Å². The van der Waals surface area contributed by atoms with Crippen LogP contribution in [0.5, 0.6) is 0 Å². The van der Waals surface area contributed by atoms with Crippen LogP contribution in [0.4, 0.5) is 22.7 Å². The van der Waals surface area contributed by atoms with Crippen LogP contribution in [0.2, 0.25) is 0 Å². The molecule has 0 atom stereocenters. The maximum atomic E-state index is 2.60. The fraction of sp³-hybridized carbons (Fsp3) is 0.0833. The Morgan fingerprint density at radius 1 is 0.257 bits per heavy atom. The summed E-state index contributed by atoms with van der Waals surface area (Å²) < 4.78 is 0. The van der Waals surface area contributed by atoms with E-state index in [1.807, 2.05) is 0 Å².